The van der Waals surface area contributed by atoms with Crippen LogP contribution < -0.4 is 10.2 Å². The highest BCUT2D eigenvalue weighted by atomic mass is 32.2. The van der Waals surface area contributed by atoms with Gasteiger partial charge in [0.15, 0.2) is 0 Å². The van der Waals surface area contributed by atoms with Gasteiger partial charge < -0.3 is 4.72 Å². The zero-order chi connectivity index (χ0) is 17.7. The molecule has 3 N–H and O–H groups in total. The monoisotopic (exact) mass is 358 g/mol. The van der Waals surface area contributed by atoms with Crippen molar-refractivity contribution in [3.8, 4) is 0 Å². The molecule has 0 bridgehead atoms. The smallest absolute Gasteiger partial charge is 0.301 e. The number of hydrogen-bond acceptors (Lipinski definition) is 3. The van der Waals surface area contributed by atoms with Gasteiger partial charge in [0, 0.05) is 5.69 Å². The van der Waals surface area contributed by atoms with Crippen molar-refractivity contribution in [1.82, 2.24) is 5.48 Å². The molecule has 2 aromatic carbocycles. The van der Waals surface area contributed by atoms with E-state index < -0.39 is 28.6 Å². The van der Waals surface area contributed by atoms with Crippen LogP contribution in [0.1, 0.15) is 11.1 Å². The van der Waals surface area contributed by atoms with Crippen LogP contribution in [-0.4, -0.2) is 15.3 Å². The standard InChI is InChI=1S/C15H13F3N2O3S/c16-15(17,18)11-2-1-3-13(9-11)24(23)20-12-6-4-10(5-7-12)8-14(21)19-22/h1-7,9,20,22H,8H2,(H,19,21). The molecular formula is C15H13F3N2O3S. The predicted molar refractivity (Wildman–Crippen MR) is 81.6 cm³/mol. The average molecular weight is 358 g/mol. The first-order valence-corrected chi connectivity index (χ1v) is 7.82. The Labute approximate surface area is 138 Å². The fourth-order valence-electron chi connectivity index (χ4n) is 1.87. The van der Waals surface area contributed by atoms with Crippen LogP contribution in [0.15, 0.2) is 53.4 Å². The molecule has 0 spiro atoms. The van der Waals surface area contributed by atoms with E-state index in [1.165, 1.54) is 29.7 Å². The summed E-state index contributed by atoms with van der Waals surface area (Å²) in [7, 11) is -1.87. The van der Waals surface area contributed by atoms with Crippen LogP contribution in [0, 0.1) is 0 Å². The molecule has 0 saturated heterocycles. The maximum absolute atomic E-state index is 12.7. The molecule has 2 aromatic rings. The molecule has 128 valence electrons. The fraction of sp³-hybridized carbons (Fsp3) is 0.133. The molecule has 0 heterocycles. The topological polar surface area (TPSA) is 78.4 Å². The molecule has 1 amide bonds. The Kier molecular flexibility index (Phi) is 5.58. The Balaban J connectivity index is 2.08. The lowest BCUT2D eigenvalue weighted by Crippen LogP contribution is -2.20. The molecule has 9 heteroatoms. The molecule has 1 unspecified atom stereocenters. The Bertz CT molecular complexity index is 748. The fourth-order valence-corrected chi connectivity index (χ4v) is 2.77. The number of alkyl halides is 3. The van der Waals surface area contributed by atoms with Crippen molar-refractivity contribution in [3.05, 3.63) is 59.7 Å². The van der Waals surface area contributed by atoms with Crippen LogP contribution in [0.2, 0.25) is 0 Å². The third-order valence-electron chi connectivity index (χ3n) is 3.03. The molecule has 0 fully saturated rings. The first-order chi connectivity index (χ1) is 11.3. The van der Waals surface area contributed by atoms with E-state index in [0.29, 0.717) is 11.3 Å². The summed E-state index contributed by atoms with van der Waals surface area (Å²) in [6.07, 6.45) is -4.54. The quantitative estimate of drug-likeness (QED) is 0.568. The summed E-state index contributed by atoms with van der Waals surface area (Å²) in [6, 6.07) is 10.5. The molecule has 5 nitrogen and oxygen atoms in total. The molecule has 2 rings (SSSR count). The highest BCUT2D eigenvalue weighted by molar-refractivity contribution is 7.86. The number of carbonyl (C=O) groups excluding carboxylic acids is 1. The van der Waals surface area contributed by atoms with Crippen molar-refractivity contribution in [3.63, 3.8) is 0 Å². The predicted octanol–water partition coefficient (Wildman–Crippen LogP) is 2.89. The summed E-state index contributed by atoms with van der Waals surface area (Å²) in [5.74, 6) is -0.580. The van der Waals surface area contributed by atoms with Crippen LogP contribution in [0.4, 0.5) is 18.9 Å². The van der Waals surface area contributed by atoms with Gasteiger partial charge in [-0.3, -0.25) is 10.0 Å². The van der Waals surface area contributed by atoms with E-state index in [0.717, 1.165) is 12.1 Å². The number of benzene rings is 2. The number of hydrogen-bond donors (Lipinski definition) is 3. The van der Waals surface area contributed by atoms with Gasteiger partial charge in [0.2, 0.25) is 5.91 Å². The third kappa shape index (κ3) is 4.80. The highest BCUT2D eigenvalue weighted by Gasteiger charge is 2.30. The van der Waals surface area contributed by atoms with E-state index >= 15 is 0 Å². The van der Waals surface area contributed by atoms with E-state index in [1.807, 2.05) is 0 Å². The summed E-state index contributed by atoms with van der Waals surface area (Å²) in [4.78, 5) is 11.0. The van der Waals surface area contributed by atoms with E-state index in [-0.39, 0.29) is 11.3 Å². The number of hydroxylamine groups is 1. The van der Waals surface area contributed by atoms with Crippen molar-refractivity contribution in [2.24, 2.45) is 0 Å². The molecular weight excluding hydrogens is 345 g/mol. The lowest BCUT2D eigenvalue weighted by Gasteiger charge is -2.10. The third-order valence-corrected chi connectivity index (χ3v) is 4.13. The summed E-state index contributed by atoms with van der Waals surface area (Å²) < 4.78 is 52.7. The second kappa shape index (κ2) is 7.45. The number of carbonyl (C=O) groups is 1. The zero-order valence-corrected chi connectivity index (χ0v) is 12.9. The van der Waals surface area contributed by atoms with Gasteiger partial charge in [-0.15, -0.1) is 0 Å². The Morgan fingerprint density at radius 2 is 1.79 bits per heavy atom. The first-order valence-electron chi connectivity index (χ1n) is 6.67. The van der Waals surface area contributed by atoms with Crippen molar-refractivity contribution >= 4 is 22.6 Å². The minimum Gasteiger partial charge on any atom is -0.301 e. The first kappa shape index (κ1) is 18.0. The van der Waals surface area contributed by atoms with E-state index in [9.17, 15) is 22.2 Å². The van der Waals surface area contributed by atoms with Gasteiger partial charge in [0.05, 0.1) is 16.9 Å². The number of anilines is 1. The zero-order valence-electron chi connectivity index (χ0n) is 12.1. The summed E-state index contributed by atoms with van der Waals surface area (Å²) >= 11 is 0. The average Bonchev–Trinajstić information content (AvgIpc) is 2.56. The lowest BCUT2D eigenvalue weighted by molar-refractivity contribution is -0.137. The Morgan fingerprint density at radius 1 is 1.12 bits per heavy atom. The van der Waals surface area contributed by atoms with Crippen LogP contribution in [0.3, 0.4) is 0 Å². The van der Waals surface area contributed by atoms with Crippen LogP contribution in [-0.2, 0) is 28.4 Å². The van der Waals surface area contributed by atoms with E-state index in [4.69, 9.17) is 5.21 Å². The van der Waals surface area contributed by atoms with Gasteiger partial charge in [-0.1, -0.05) is 18.2 Å². The molecule has 0 aliphatic rings. The highest BCUT2D eigenvalue weighted by Crippen LogP contribution is 2.30. The van der Waals surface area contributed by atoms with Crippen molar-refractivity contribution in [2.45, 2.75) is 17.5 Å². The SMILES string of the molecule is O=C(Cc1ccc(NS(=O)c2cccc(C(F)(F)F)c2)cc1)NO. The lowest BCUT2D eigenvalue weighted by atomic mass is 10.1. The van der Waals surface area contributed by atoms with Crippen molar-refractivity contribution in [1.29, 1.82) is 0 Å². The van der Waals surface area contributed by atoms with E-state index in [1.54, 1.807) is 12.1 Å². The normalized spacial score (nSPS) is 12.5. The molecule has 0 aliphatic carbocycles. The second-order valence-electron chi connectivity index (χ2n) is 4.81. The van der Waals surface area contributed by atoms with Crippen LogP contribution in [0.5, 0.6) is 0 Å². The minimum absolute atomic E-state index is 0.00596. The molecule has 0 radical (unpaired) electrons. The minimum atomic E-state index is -4.50. The van der Waals surface area contributed by atoms with Crippen molar-refractivity contribution < 1.29 is 27.4 Å². The molecule has 0 aliphatic heterocycles. The van der Waals surface area contributed by atoms with Crippen LogP contribution >= 0.6 is 0 Å². The number of halogens is 3. The molecule has 24 heavy (non-hydrogen) atoms. The maximum Gasteiger partial charge on any atom is 0.416 e. The molecule has 0 aromatic heterocycles. The largest absolute Gasteiger partial charge is 0.416 e. The number of amides is 1. The van der Waals surface area contributed by atoms with Gasteiger partial charge in [0.25, 0.3) is 0 Å². The summed E-state index contributed by atoms with van der Waals surface area (Å²) in [5, 5.41) is 8.44. The molecule has 0 saturated carbocycles. The number of rotatable bonds is 5. The van der Waals surface area contributed by atoms with Gasteiger partial charge >= 0.3 is 6.18 Å². The summed E-state index contributed by atoms with van der Waals surface area (Å²) in [5.41, 5.74) is 1.65. The van der Waals surface area contributed by atoms with Gasteiger partial charge in [-0.25, -0.2) is 9.69 Å². The van der Waals surface area contributed by atoms with Gasteiger partial charge in [-0.05, 0) is 35.9 Å². The second-order valence-corrected chi connectivity index (χ2v) is 6.02. The molecule has 1 atom stereocenters. The number of nitrogens with one attached hydrogen (secondary N) is 2. The van der Waals surface area contributed by atoms with Crippen molar-refractivity contribution in [2.75, 3.05) is 4.72 Å². The van der Waals surface area contributed by atoms with E-state index in [2.05, 4.69) is 4.72 Å². The Morgan fingerprint density at radius 3 is 2.38 bits per heavy atom. The van der Waals surface area contributed by atoms with Crippen LogP contribution in [0.25, 0.3) is 0 Å². The maximum atomic E-state index is 12.7. The Hall–Kier alpha value is -2.39. The summed E-state index contributed by atoms with van der Waals surface area (Å²) in [6.45, 7) is 0. The van der Waals surface area contributed by atoms with Gasteiger partial charge in [0.1, 0.15) is 11.0 Å². The van der Waals surface area contributed by atoms with Gasteiger partial charge in [-0.2, -0.15) is 13.2 Å².